The number of rotatable bonds is 6. The van der Waals surface area contributed by atoms with Crippen molar-refractivity contribution in [2.45, 2.75) is 0 Å². The summed E-state index contributed by atoms with van der Waals surface area (Å²) in [5.41, 5.74) is -0.873. The first-order chi connectivity index (χ1) is 11.4. The van der Waals surface area contributed by atoms with E-state index in [4.69, 9.17) is 4.74 Å². The predicted molar refractivity (Wildman–Crippen MR) is 80.3 cm³/mol. The molecule has 24 heavy (non-hydrogen) atoms. The first-order valence-corrected chi connectivity index (χ1v) is 6.48. The van der Waals surface area contributed by atoms with Gasteiger partial charge in [-0.25, -0.2) is 4.39 Å². The van der Waals surface area contributed by atoms with E-state index >= 15 is 0 Å². The average Bonchev–Trinajstić information content (AvgIpc) is 2.53. The Morgan fingerprint density at radius 1 is 1.08 bits per heavy atom. The molecule has 1 amide bonds. The average molecular weight is 335 g/mol. The second-order valence-electron chi connectivity index (χ2n) is 4.48. The number of halogens is 1. The van der Waals surface area contributed by atoms with Crippen molar-refractivity contribution in [3.8, 4) is 5.75 Å². The molecule has 0 aliphatic heterocycles. The number of hydrogen-bond acceptors (Lipinski definition) is 6. The molecule has 9 nitrogen and oxygen atoms in total. The molecule has 0 saturated carbocycles. The van der Waals surface area contributed by atoms with Gasteiger partial charge >= 0.3 is 5.69 Å². The Hall–Kier alpha value is -3.56. The second-order valence-corrected chi connectivity index (χ2v) is 4.48. The van der Waals surface area contributed by atoms with Crippen LogP contribution >= 0.6 is 0 Å². The molecule has 1 N–H and O–H groups in total. The van der Waals surface area contributed by atoms with Crippen molar-refractivity contribution in [3.05, 3.63) is 68.5 Å². The summed E-state index contributed by atoms with van der Waals surface area (Å²) >= 11 is 0. The number of hydrogen-bond donors (Lipinski definition) is 1. The fraction of sp³-hybridized carbons (Fsp3) is 0.0714. The minimum absolute atomic E-state index is 0.0511. The number of nitrogens with zero attached hydrogens (tertiary/aromatic N) is 2. The Morgan fingerprint density at radius 2 is 1.75 bits per heavy atom. The molecule has 0 spiro atoms. The van der Waals surface area contributed by atoms with Crippen molar-refractivity contribution in [3.63, 3.8) is 0 Å². The molecule has 0 unspecified atom stereocenters. The molecular weight excluding hydrogens is 325 g/mol. The number of para-hydroxylation sites is 2. The van der Waals surface area contributed by atoms with Gasteiger partial charge in [0.05, 0.1) is 9.85 Å². The molecule has 0 bridgehead atoms. The number of carbonyl (C=O) groups excluding carboxylic acids is 1. The van der Waals surface area contributed by atoms with E-state index in [1.807, 2.05) is 0 Å². The number of benzene rings is 2. The van der Waals surface area contributed by atoms with E-state index in [9.17, 15) is 29.4 Å². The lowest BCUT2D eigenvalue weighted by Gasteiger charge is -2.08. The van der Waals surface area contributed by atoms with Crippen LogP contribution in [0.2, 0.25) is 0 Å². The smallest absolute Gasteiger partial charge is 0.311 e. The lowest BCUT2D eigenvalue weighted by molar-refractivity contribution is -0.385. The monoisotopic (exact) mass is 335 g/mol. The third kappa shape index (κ3) is 4.00. The van der Waals surface area contributed by atoms with Gasteiger partial charge < -0.3 is 10.1 Å². The van der Waals surface area contributed by atoms with Crippen LogP contribution in [0.3, 0.4) is 0 Å². The van der Waals surface area contributed by atoms with Crippen molar-refractivity contribution in [1.29, 1.82) is 0 Å². The van der Waals surface area contributed by atoms with Gasteiger partial charge in [-0.3, -0.25) is 25.0 Å². The van der Waals surface area contributed by atoms with E-state index in [1.165, 1.54) is 24.3 Å². The van der Waals surface area contributed by atoms with E-state index in [1.54, 1.807) is 0 Å². The van der Waals surface area contributed by atoms with Crippen LogP contribution in [0.1, 0.15) is 0 Å². The molecule has 0 aromatic heterocycles. The van der Waals surface area contributed by atoms with Gasteiger partial charge in [-0.1, -0.05) is 12.1 Å². The molecule has 10 heteroatoms. The largest absolute Gasteiger partial charge is 0.477 e. The molecule has 2 aromatic carbocycles. The Morgan fingerprint density at radius 3 is 2.42 bits per heavy atom. The molecule has 2 rings (SSSR count). The van der Waals surface area contributed by atoms with Crippen LogP contribution in [0.25, 0.3) is 0 Å². The first kappa shape index (κ1) is 16.8. The Labute approximate surface area is 134 Å². The van der Waals surface area contributed by atoms with E-state index < -0.39 is 39.6 Å². The maximum Gasteiger partial charge on any atom is 0.311 e. The zero-order valence-electron chi connectivity index (χ0n) is 12.0. The van der Waals surface area contributed by atoms with Crippen LogP contribution in [0.15, 0.2) is 42.5 Å². The van der Waals surface area contributed by atoms with Gasteiger partial charge in [0.25, 0.3) is 11.6 Å². The number of nitro benzene ring substituents is 2. The van der Waals surface area contributed by atoms with Crippen LogP contribution < -0.4 is 10.1 Å². The van der Waals surface area contributed by atoms with Crippen molar-refractivity contribution in [2.24, 2.45) is 0 Å². The van der Waals surface area contributed by atoms with Crippen molar-refractivity contribution in [1.82, 2.24) is 0 Å². The summed E-state index contributed by atoms with van der Waals surface area (Å²) in [7, 11) is 0. The summed E-state index contributed by atoms with van der Waals surface area (Å²) in [6.45, 7) is -0.684. The zero-order chi connectivity index (χ0) is 17.7. The molecule has 0 radical (unpaired) electrons. The highest BCUT2D eigenvalue weighted by atomic mass is 19.1. The lowest BCUT2D eigenvalue weighted by atomic mass is 10.2. The maximum absolute atomic E-state index is 13.1. The number of carbonyl (C=O) groups is 1. The molecule has 0 atom stereocenters. The Kier molecular flexibility index (Phi) is 5.00. The number of anilines is 1. The topological polar surface area (TPSA) is 125 Å². The minimum Gasteiger partial charge on any atom is -0.477 e. The SMILES string of the molecule is O=C(COc1cc(F)ccc1[N+](=O)[O-])Nc1ccccc1[N+](=O)[O-]. The van der Waals surface area contributed by atoms with Crippen molar-refractivity contribution < 1.29 is 23.8 Å². The van der Waals surface area contributed by atoms with Gasteiger partial charge in [0.2, 0.25) is 5.75 Å². The third-order valence-corrected chi connectivity index (χ3v) is 2.85. The van der Waals surface area contributed by atoms with Crippen LogP contribution in [-0.4, -0.2) is 22.4 Å². The zero-order valence-corrected chi connectivity index (χ0v) is 12.0. The number of amides is 1. The highest BCUT2D eigenvalue weighted by Crippen LogP contribution is 2.27. The van der Waals surface area contributed by atoms with E-state index in [0.717, 1.165) is 18.2 Å². The standard InChI is InChI=1S/C14H10FN3O6/c15-9-5-6-12(18(22)23)13(7-9)24-8-14(19)16-10-3-1-2-4-11(10)17(20)21/h1-7H,8H2,(H,16,19). The quantitative estimate of drug-likeness (QED) is 0.639. The fourth-order valence-electron chi connectivity index (χ4n) is 1.82. The summed E-state index contributed by atoms with van der Waals surface area (Å²) < 4.78 is 18.1. The molecule has 0 heterocycles. The first-order valence-electron chi connectivity index (χ1n) is 6.48. The highest BCUT2D eigenvalue weighted by Gasteiger charge is 2.18. The molecular formula is C14H10FN3O6. The van der Waals surface area contributed by atoms with Gasteiger partial charge in [0.15, 0.2) is 6.61 Å². The predicted octanol–water partition coefficient (Wildman–Crippen LogP) is 2.66. The summed E-state index contributed by atoms with van der Waals surface area (Å²) in [5, 5.41) is 23.9. The van der Waals surface area contributed by atoms with E-state index in [2.05, 4.69) is 5.32 Å². The lowest BCUT2D eigenvalue weighted by Crippen LogP contribution is -2.21. The molecule has 0 saturated heterocycles. The van der Waals surface area contributed by atoms with Crippen LogP contribution in [0.4, 0.5) is 21.5 Å². The van der Waals surface area contributed by atoms with Gasteiger partial charge in [-0.05, 0) is 12.1 Å². The van der Waals surface area contributed by atoms with Gasteiger partial charge in [0, 0.05) is 18.2 Å². The molecule has 2 aromatic rings. The summed E-state index contributed by atoms with van der Waals surface area (Å²) in [4.78, 5) is 32.0. The Balaban J connectivity index is 2.09. The number of nitro groups is 2. The minimum atomic E-state index is -0.789. The molecule has 0 aliphatic rings. The molecule has 0 fully saturated rings. The summed E-state index contributed by atoms with van der Waals surface area (Å²) in [6, 6.07) is 8.01. The molecule has 124 valence electrons. The van der Waals surface area contributed by atoms with Gasteiger partial charge in [-0.15, -0.1) is 0 Å². The molecule has 0 aliphatic carbocycles. The normalized spacial score (nSPS) is 10.0. The van der Waals surface area contributed by atoms with E-state index in [0.29, 0.717) is 0 Å². The third-order valence-electron chi connectivity index (χ3n) is 2.85. The van der Waals surface area contributed by atoms with E-state index in [-0.39, 0.29) is 11.4 Å². The van der Waals surface area contributed by atoms with Crippen molar-refractivity contribution in [2.75, 3.05) is 11.9 Å². The van der Waals surface area contributed by atoms with Crippen LogP contribution in [0.5, 0.6) is 5.75 Å². The Bertz CT molecular complexity index is 811. The summed E-state index contributed by atoms with van der Waals surface area (Å²) in [6.07, 6.45) is 0. The highest BCUT2D eigenvalue weighted by molar-refractivity contribution is 5.94. The number of ether oxygens (including phenoxy) is 1. The van der Waals surface area contributed by atoms with Crippen LogP contribution in [-0.2, 0) is 4.79 Å². The van der Waals surface area contributed by atoms with Crippen molar-refractivity contribution >= 4 is 23.0 Å². The van der Waals surface area contributed by atoms with Gasteiger partial charge in [0.1, 0.15) is 11.5 Å². The number of nitrogens with one attached hydrogen (secondary N) is 1. The second kappa shape index (κ2) is 7.13. The van der Waals surface area contributed by atoms with Crippen LogP contribution in [0, 0.1) is 26.0 Å². The summed E-state index contributed by atoms with van der Waals surface area (Å²) in [5.74, 6) is -1.98. The fourth-order valence-corrected chi connectivity index (χ4v) is 1.82. The maximum atomic E-state index is 13.1. The van der Waals surface area contributed by atoms with Gasteiger partial charge in [-0.2, -0.15) is 0 Å².